The van der Waals surface area contributed by atoms with Crippen LogP contribution in [0.15, 0.2) is 102 Å². The van der Waals surface area contributed by atoms with Gasteiger partial charge in [-0.25, -0.2) is 27.8 Å². The van der Waals surface area contributed by atoms with Gasteiger partial charge in [-0.2, -0.15) is 10.5 Å². The molecule has 532 valence electrons. The topological polar surface area (TPSA) is 335 Å². The zero-order valence-corrected chi connectivity index (χ0v) is 57.5. The van der Waals surface area contributed by atoms with Crippen LogP contribution in [-0.4, -0.2) is 130 Å². The van der Waals surface area contributed by atoms with Gasteiger partial charge in [0, 0.05) is 81.5 Å². The zero-order chi connectivity index (χ0) is 73.0. The number of benzene rings is 5. The van der Waals surface area contributed by atoms with Crippen LogP contribution in [0, 0.1) is 51.7 Å². The normalized spacial score (nSPS) is 15.0. The molecule has 10 aromatic rings. The van der Waals surface area contributed by atoms with Gasteiger partial charge < -0.3 is 63.1 Å². The summed E-state index contributed by atoms with van der Waals surface area (Å²) in [5, 5.41) is 48.4. The Labute approximate surface area is 591 Å². The average Bonchev–Trinajstić information content (AvgIpc) is 1.64. The van der Waals surface area contributed by atoms with Gasteiger partial charge in [-0.1, -0.05) is 65.8 Å². The van der Waals surface area contributed by atoms with Crippen molar-refractivity contribution < 1.29 is 109 Å². The molecule has 101 heavy (non-hydrogen) atoms. The zero-order valence-electron chi connectivity index (χ0n) is 53.4. The number of carboxylic acid groups (broad SMARTS) is 1. The average molecular weight is 1490 g/mol. The molecule has 0 saturated carbocycles. The van der Waals surface area contributed by atoms with E-state index in [4.69, 9.17) is 68.7 Å². The largest absolute Gasteiger partial charge is 0.483 e. The molecule has 0 aliphatic carbocycles. The lowest BCUT2D eigenvalue weighted by atomic mass is 10.1. The number of nitrogens with two attached hydrogens (primary N) is 1. The molecule has 5 saturated heterocycles. The number of amides is 1. The maximum absolute atomic E-state index is 13.7. The summed E-state index contributed by atoms with van der Waals surface area (Å²) in [6.07, 6.45) is 5.30. The van der Waals surface area contributed by atoms with Gasteiger partial charge in [0.25, 0.3) is 6.47 Å². The lowest BCUT2D eigenvalue weighted by Crippen LogP contribution is -2.27. The van der Waals surface area contributed by atoms with Gasteiger partial charge in [-0.3, -0.25) is 28.8 Å². The van der Waals surface area contributed by atoms with E-state index in [0.29, 0.717) is 125 Å². The van der Waals surface area contributed by atoms with E-state index in [1.807, 2.05) is 28.5 Å². The van der Waals surface area contributed by atoms with E-state index in [1.54, 1.807) is 42.5 Å². The van der Waals surface area contributed by atoms with Crippen molar-refractivity contribution in [2.45, 2.75) is 58.3 Å². The van der Waals surface area contributed by atoms with Crippen molar-refractivity contribution in [3.05, 3.63) is 173 Å². The second-order valence-electron chi connectivity index (χ2n) is 20.6. The highest BCUT2D eigenvalue weighted by atomic mass is 32.1. The van der Waals surface area contributed by atoms with Crippen molar-refractivity contribution in [1.82, 2.24) is 4.90 Å². The maximum atomic E-state index is 13.7. The molecule has 0 radical (unpaired) electrons. The quantitative estimate of drug-likeness (QED) is 0.0209. The molecule has 5 aromatic carbocycles. The first-order valence-electron chi connectivity index (χ1n) is 30.1. The fraction of sp³-hybridized carbons (Fsp3) is 0.279. The van der Waals surface area contributed by atoms with Crippen LogP contribution in [0.3, 0.4) is 0 Å². The molecule has 33 heteroatoms. The number of nitriles is 2. The van der Waals surface area contributed by atoms with E-state index in [-0.39, 0.29) is 46.5 Å². The Balaban J connectivity index is 0.000000166. The van der Waals surface area contributed by atoms with E-state index in [0.717, 1.165) is 81.7 Å². The molecule has 15 rings (SSSR count). The number of oxime groups is 1. The molecular weight excluding hydrogens is 1430 g/mol. The Bertz CT molecular complexity index is 4550. The Morgan fingerprint density at radius 2 is 0.891 bits per heavy atom. The molecule has 5 aliphatic heterocycles. The van der Waals surface area contributed by atoms with Crippen LogP contribution < -0.4 is 5.90 Å². The number of carbonyl (C=O) groups excluding carboxylic acids is 5. The molecular formula is C68H62F5N5O18S5. The van der Waals surface area contributed by atoms with Crippen LogP contribution in [0.5, 0.6) is 0 Å². The van der Waals surface area contributed by atoms with Gasteiger partial charge in [0.15, 0.2) is 37.7 Å². The summed E-state index contributed by atoms with van der Waals surface area (Å²) >= 11 is 5.89. The summed E-state index contributed by atoms with van der Waals surface area (Å²) in [5.41, 5.74) is 3.25. The van der Waals surface area contributed by atoms with Crippen molar-refractivity contribution in [1.29, 1.82) is 10.5 Å². The smallest absolute Gasteiger partial charge is 0.310 e. The molecule has 0 bridgehead atoms. The van der Waals surface area contributed by atoms with Gasteiger partial charge in [0.1, 0.15) is 51.0 Å². The highest BCUT2D eigenvalue weighted by Gasteiger charge is 2.30. The van der Waals surface area contributed by atoms with E-state index in [2.05, 4.69) is 21.9 Å². The van der Waals surface area contributed by atoms with Gasteiger partial charge in [0.2, 0.25) is 6.41 Å². The summed E-state index contributed by atoms with van der Waals surface area (Å²) in [6, 6.07) is 28.0. The number of hydrogen-bond donors (Lipinski definition) is 4. The van der Waals surface area contributed by atoms with Crippen LogP contribution in [0.1, 0.15) is 115 Å². The van der Waals surface area contributed by atoms with Crippen LogP contribution in [0.4, 0.5) is 22.0 Å². The van der Waals surface area contributed by atoms with Gasteiger partial charge >= 0.3 is 11.9 Å². The third-order valence-corrected chi connectivity index (χ3v) is 20.0. The third-order valence-electron chi connectivity index (χ3n) is 14.3. The summed E-state index contributed by atoms with van der Waals surface area (Å²) in [5.74, 6) is 0.876. The van der Waals surface area contributed by atoms with Crippen molar-refractivity contribution >= 4 is 151 Å². The number of hydrogen-bond acceptors (Lipinski definition) is 26. The molecule has 5 aromatic heterocycles. The highest BCUT2D eigenvalue weighted by molar-refractivity contribution is 7.21. The summed E-state index contributed by atoms with van der Waals surface area (Å²) in [6.45, 7) is 8.29. The lowest BCUT2D eigenvalue weighted by molar-refractivity contribution is -0.156. The van der Waals surface area contributed by atoms with Crippen molar-refractivity contribution in [3.63, 3.8) is 0 Å². The first kappa shape index (κ1) is 79.3. The second-order valence-corrected chi connectivity index (χ2v) is 25.6. The molecule has 10 heterocycles. The van der Waals surface area contributed by atoms with E-state index in [1.165, 1.54) is 98.4 Å². The molecule has 1 amide bonds. The van der Waals surface area contributed by atoms with Crippen molar-refractivity contribution in [3.8, 4) is 12.1 Å². The highest BCUT2D eigenvalue weighted by Crippen LogP contribution is 2.43. The number of carbonyl (C=O) groups is 6. The van der Waals surface area contributed by atoms with Crippen LogP contribution in [0.25, 0.3) is 50.4 Å². The second kappa shape index (κ2) is 40.5. The molecule has 0 atom stereocenters. The Hall–Kier alpha value is -8.98. The standard InChI is InChI=1S/C12H10FNO3S.C12H8FNO2S.C12H9FO3S.C11H9FO2S.C10H4FNOS.C6H11NO.C4H6O3.CH2O2.H3NO/c13-8-3-1-2-7-10(12-16-4-5-17-12)9(6-14-15)18-11(7)8;2*13-8-3-1-2-7-10(12-15-4-5-16-12)9(6-14)17-11(7)8;12-9-3-1-2-7-8(6-15-10(7)9)11-13-4-5-14-11;11-8-3-1-2-6-7(5-13)9(4-12)14-10(6)8;8-6-7-4-2-1-3-5-7;1-3(5)7-4(2)6;2-1-3;1-2/h1-3,6,12,15H,4-5H2;1-3,12H,4-5H2;1-3,6,12H,4-5H2;1-3,6,11H,4-5H2;1-3,5H;6H,1-5H2;1-2H3;1H,(H,2,3);2H,1H2. The number of ether oxygens (including phenoxy) is 9. The number of likely N-dealkylation sites (tertiary alicyclic amines) is 1. The number of aldehydes is 2. The number of halogens is 5. The van der Waals surface area contributed by atoms with Crippen LogP contribution >= 0.6 is 56.7 Å². The molecule has 0 unspecified atom stereocenters. The summed E-state index contributed by atoms with van der Waals surface area (Å²) in [7, 11) is 0. The van der Waals surface area contributed by atoms with E-state index >= 15 is 0 Å². The Morgan fingerprint density at radius 3 is 1.29 bits per heavy atom. The van der Waals surface area contributed by atoms with Crippen LogP contribution in [0.2, 0.25) is 0 Å². The Morgan fingerprint density at radius 1 is 0.525 bits per heavy atom. The van der Waals surface area contributed by atoms with E-state index < -0.39 is 36.6 Å². The third kappa shape index (κ3) is 20.6. The fourth-order valence-electron chi connectivity index (χ4n) is 10.3. The van der Waals surface area contributed by atoms with Gasteiger partial charge in [-0.05, 0) is 49.6 Å². The van der Waals surface area contributed by atoms with Crippen LogP contribution in [-0.2, 0) is 61.8 Å². The van der Waals surface area contributed by atoms with Gasteiger partial charge in [-0.15, -0.1) is 56.7 Å². The SMILES string of the molecule is CC(=O)OC(C)=O.Fc1cccc2c(C3OCCO3)csc12.N#Cc1sc2c(F)cccc2c1C1OCCO1.N#Cc1sc2c(F)cccc2c1C=O.NO.O=CN1CCCCC1.O=CO.O=Cc1sc2c(F)cccc2c1C1OCCO1.ON=Cc1sc2c(F)cccc2c1C1OCCO1. The predicted octanol–water partition coefficient (Wildman–Crippen LogP) is 14.3. The minimum Gasteiger partial charge on any atom is -0.483 e. The monoisotopic (exact) mass is 1490 g/mol. The minimum atomic E-state index is -0.562. The minimum absolute atomic E-state index is 0.179. The molecule has 23 nitrogen and oxygen atoms in total. The number of rotatable bonds is 8. The van der Waals surface area contributed by atoms with Gasteiger partial charge in [0.05, 0.1) is 97.9 Å². The number of nitrogens with zero attached hydrogens (tertiary/aromatic N) is 4. The number of fused-ring (bicyclic) bond motifs is 5. The molecule has 0 spiro atoms. The first-order valence-corrected chi connectivity index (χ1v) is 34.2. The maximum Gasteiger partial charge on any atom is 0.310 e. The number of esters is 2. The number of thiophene rings is 5. The summed E-state index contributed by atoms with van der Waals surface area (Å²) in [4.78, 5) is 63.5. The fourth-order valence-corrected chi connectivity index (χ4v) is 15.3. The summed E-state index contributed by atoms with van der Waals surface area (Å²) < 4.78 is 117. The number of piperidine rings is 1. The Kier molecular flexibility index (Phi) is 31.8. The molecule has 5 aliphatic rings. The molecule has 5 N–H and O–H groups in total. The van der Waals surface area contributed by atoms with Crippen molar-refractivity contribution in [2.75, 3.05) is 65.9 Å². The lowest BCUT2D eigenvalue weighted by Gasteiger charge is -2.21. The first-order chi connectivity index (χ1) is 49.0. The van der Waals surface area contributed by atoms with Crippen molar-refractivity contribution in [2.24, 2.45) is 11.1 Å². The van der Waals surface area contributed by atoms with E-state index in [9.17, 15) is 45.9 Å². The predicted molar refractivity (Wildman–Crippen MR) is 366 cm³/mol. The molecule has 5 fully saturated rings.